The molecule has 1 aliphatic rings. The fourth-order valence-corrected chi connectivity index (χ4v) is 2.87. The minimum absolute atomic E-state index is 0.144. The normalized spacial score (nSPS) is 17.0. The van der Waals surface area contributed by atoms with Gasteiger partial charge >= 0.3 is 6.03 Å². The molecule has 0 atom stereocenters. The third-order valence-corrected chi connectivity index (χ3v) is 4.61. The third kappa shape index (κ3) is 4.11. The number of hydrogen-bond donors (Lipinski definition) is 2. The van der Waals surface area contributed by atoms with Crippen LogP contribution in [0.3, 0.4) is 0 Å². The van der Waals surface area contributed by atoms with Crippen LogP contribution in [0.5, 0.6) is 0 Å². The lowest BCUT2D eigenvalue weighted by molar-refractivity contribution is -0.137. The molecule has 8 nitrogen and oxygen atoms in total. The Hall–Kier alpha value is -2.86. The van der Waals surface area contributed by atoms with Crippen molar-refractivity contribution >= 4 is 17.8 Å². The highest BCUT2D eigenvalue weighted by Gasteiger charge is 2.50. The average Bonchev–Trinajstić information content (AvgIpc) is 2.50. The molecule has 0 spiro atoms. The van der Waals surface area contributed by atoms with Crippen LogP contribution in [-0.2, 0) is 26.8 Å². The summed E-state index contributed by atoms with van der Waals surface area (Å²) in [6.45, 7) is 12.4. The van der Waals surface area contributed by atoms with E-state index in [1.165, 1.54) is 0 Å². The number of imide groups is 2. The Labute approximate surface area is 158 Å². The highest BCUT2D eigenvalue weighted by atomic mass is 16.2. The summed E-state index contributed by atoms with van der Waals surface area (Å²) in [6, 6.07) is 4.99. The van der Waals surface area contributed by atoms with E-state index >= 15 is 0 Å². The van der Waals surface area contributed by atoms with Crippen molar-refractivity contribution in [1.82, 2.24) is 10.6 Å². The predicted molar refractivity (Wildman–Crippen MR) is 101 cm³/mol. The van der Waals surface area contributed by atoms with Gasteiger partial charge < -0.3 is 0 Å². The molecule has 8 heteroatoms. The van der Waals surface area contributed by atoms with E-state index in [4.69, 9.17) is 5.53 Å². The average molecular weight is 371 g/mol. The van der Waals surface area contributed by atoms with Gasteiger partial charge in [0, 0.05) is 11.3 Å². The second kappa shape index (κ2) is 6.70. The van der Waals surface area contributed by atoms with Gasteiger partial charge in [0.2, 0.25) is 17.4 Å². The van der Waals surface area contributed by atoms with E-state index < -0.39 is 23.4 Å². The van der Waals surface area contributed by atoms with Gasteiger partial charge in [-0.25, -0.2) is 4.79 Å². The molecule has 0 bridgehead atoms. The Morgan fingerprint density at radius 2 is 1.37 bits per heavy atom. The first-order valence-corrected chi connectivity index (χ1v) is 8.68. The zero-order valence-corrected chi connectivity index (χ0v) is 16.5. The molecule has 2 N–H and O–H groups in total. The molecular formula is C19H25N5O3. The molecule has 1 aromatic carbocycles. The summed E-state index contributed by atoms with van der Waals surface area (Å²) >= 11 is 0. The zero-order valence-electron chi connectivity index (χ0n) is 16.5. The van der Waals surface area contributed by atoms with Gasteiger partial charge in [0.05, 0.1) is 0 Å². The lowest BCUT2D eigenvalue weighted by atomic mass is 9.77. The van der Waals surface area contributed by atoms with Gasteiger partial charge in [0.25, 0.3) is 0 Å². The van der Waals surface area contributed by atoms with Gasteiger partial charge in [-0.3, -0.25) is 20.2 Å². The highest BCUT2D eigenvalue weighted by molar-refractivity contribution is 6.22. The predicted octanol–water partition coefficient (Wildman–Crippen LogP) is 3.24. The second-order valence-electron chi connectivity index (χ2n) is 8.88. The first-order valence-electron chi connectivity index (χ1n) is 8.68. The molecule has 0 saturated carbocycles. The molecule has 144 valence electrons. The maximum absolute atomic E-state index is 12.4. The number of benzene rings is 1. The Bertz CT molecular complexity index is 803. The summed E-state index contributed by atoms with van der Waals surface area (Å²) < 4.78 is 0. The number of carbonyl (C=O) groups excluding carboxylic acids is 3. The lowest BCUT2D eigenvalue weighted by Gasteiger charge is -2.31. The number of barbiturate groups is 1. The van der Waals surface area contributed by atoms with Gasteiger partial charge in [-0.15, -0.1) is 0 Å². The quantitative estimate of drug-likeness (QED) is 0.367. The van der Waals surface area contributed by atoms with Crippen molar-refractivity contribution in [2.45, 2.75) is 64.3 Å². The molecule has 1 fully saturated rings. The minimum atomic E-state index is -2.05. The molecule has 0 aromatic heterocycles. The molecule has 2 rings (SSSR count). The van der Waals surface area contributed by atoms with Crippen LogP contribution in [0, 0.1) is 0 Å². The Balaban J connectivity index is 2.62. The molecule has 0 unspecified atom stereocenters. The van der Waals surface area contributed by atoms with Gasteiger partial charge in [0.1, 0.15) is 0 Å². The second-order valence-corrected chi connectivity index (χ2v) is 8.88. The van der Waals surface area contributed by atoms with Crippen LogP contribution in [0.2, 0.25) is 0 Å². The van der Waals surface area contributed by atoms with Crippen molar-refractivity contribution in [2.24, 2.45) is 5.11 Å². The summed E-state index contributed by atoms with van der Waals surface area (Å²) in [5.41, 5.74) is 9.33. The van der Waals surface area contributed by atoms with Crippen LogP contribution in [0.1, 0.15) is 58.2 Å². The Kier molecular flexibility index (Phi) is 5.08. The summed E-state index contributed by atoms with van der Waals surface area (Å²) in [5.74, 6) is -1.85. The van der Waals surface area contributed by atoms with Crippen LogP contribution in [0.4, 0.5) is 4.79 Å². The third-order valence-electron chi connectivity index (χ3n) is 4.61. The van der Waals surface area contributed by atoms with Crippen LogP contribution < -0.4 is 10.6 Å². The number of azide groups is 1. The summed E-state index contributed by atoms with van der Waals surface area (Å²) in [7, 11) is 0. The lowest BCUT2D eigenvalue weighted by Crippen LogP contribution is -2.66. The van der Waals surface area contributed by atoms with Gasteiger partial charge in [0.15, 0.2) is 0 Å². The van der Waals surface area contributed by atoms with Crippen molar-refractivity contribution < 1.29 is 14.4 Å². The van der Waals surface area contributed by atoms with Crippen LogP contribution in [-0.4, -0.2) is 23.4 Å². The fourth-order valence-electron chi connectivity index (χ4n) is 2.87. The van der Waals surface area contributed by atoms with Gasteiger partial charge in [-0.05, 0) is 33.1 Å². The molecule has 1 saturated heterocycles. The number of nitrogens with zero attached hydrogens (tertiary/aromatic N) is 3. The van der Waals surface area contributed by atoms with Crippen LogP contribution in [0.15, 0.2) is 23.3 Å². The number of rotatable bonds is 3. The largest absolute Gasteiger partial charge is 0.328 e. The van der Waals surface area contributed by atoms with Gasteiger partial charge in [-0.2, -0.15) is 0 Å². The van der Waals surface area contributed by atoms with Crippen molar-refractivity contribution in [2.75, 3.05) is 0 Å². The van der Waals surface area contributed by atoms with Crippen molar-refractivity contribution in [1.29, 1.82) is 0 Å². The summed E-state index contributed by atoms with van der Waals surface area (Å²) in [5, 5.41) is 7.54. The van der Waals surface area contributed by atoms with Crippen LogP contribution in [0.25, 0.3) is 10.4 Å². The number of amides is 4. The van der Waals surface area contributed by atoms with E-state index in [0.717, 1.165) is 11.1 Å². The molecule has 0 aliphatic carbocycles. The maximum atomic E-state index is 12.4. The Morgan fingerprint density at radius 3 is 1.74 bits per heavy atom. The number of nitrogens with one attached hydrogen (secondary N) is 2. The van der Waals surface area contributed by atoms with Crippen LogP contribution >= 0.6 is 0 Å². The molecule has 27 heavy (non-hydrogen) atoms. The van der Waals surface area contributed by atoms with Crippen molar-refractivity contribution in [3.8, 4) is 0 Å². The zero-order chi connectivity index (χ0) is 20.6. The number of carbonyl (C=O) groups is 3. The van der Waals surface area contributed by atoms with E-state index in [9.17, 15) is 14.4 Å². The number of urea groups is 1. The summed E-state index contributed by atoms with van der Waals surface area (Å²) in [4.78, 5) is 39.0. The maximum Gasteiger partial charge on any atom is 0.328 e. The highest BCUT2D eigenvalue weighted by Crippen LogP contribution is 2.32. The molecule has 1 aromatic rings. The smallest absolute Gasteiger partial charge is 0.277 e. The first-order chi connectivity index (χ1) is 12.3. The van der Waals surface area contributed by atoms with E-state index in [0.29, 0.717) is 5.56 Å². The fraction of sp³-hybridized carbons (Fsp3) is 0.526. The monoisotopic (exact) mass is 371 g/mol. The van der Waals surface area contributed by atoms with E-state index in [2.05, 4.69) is 57.6 Å². The number of hydrogen-bond acceptors (Lipinski definition) is 4. The Morgan fingerprint density at radius 1 is 0.926 bits per heavy atom. The molecule has 1 heterocycles. The van der Waals surface area contributed by atoms with E-state index in [1.54, 1.807) is 0 Å². The molecule has 1 aliphatic heterocycles. The molecule has 4 amide bonds. The SMILES string of the molecule is CC(C)(C)c1cc(CC2(N=[N+]=[N-])C(=O)NC(=O)NC2=O)cc(C(C)(C)C)c1. The first kappa shape index (κ1) is 20.5. The topological polar surface area (TPSA) is 124 Å². The minimum Gasteiger partial charge on any atom is -0.277 e. The summed E-state index contributed by atoms with van der Waals surface area (Å²) in [6.07, 6.45) is -0.144. The van der Waals surface area contributed by atoms with Crippen molar-refractivity contribution in [3.63, 3.8) is 0 Å². The van der Waals surface area contributed by atoms with Crippen molar-refractivity contribution in [3.05, 3.63) is 45.3 Å². The standard InChI is InChI=1S/C19H25N5O3/c1-17(2,3)12-7-11(8-13(9-12)18(4,5)6)10-19(23-24-20)14(25)21-16(27)22-15(19)26/h7-9H,10H2,1-6H3,(H2,21,22,25,26,27). The molecular weight excluding hydrogens is 346 g/mol. The molecule has 0 radical (unpaired) electrons. The van der Waals surface area contributed by atoms with Gasteiger partial charge in [-0.1, -0.05) is 64.9 Å². The van der Waals surface area contributed by atoms with E-state index in [-0.39, 0.29) is 17.3 Å². The van der Waals surface area contributed by atoms with E-state index in [1.807, 2.05) is 22.8 Å².